The SMILES string of the molecule is CC1CN(S(=O)(=O)c2cccc(C(=O)Nc3cnn(C)c3)c2)CC(C)O1. The summed E-state index contributed by atoms with van der Waals surface area (Å²) >= 11 is 0. The van der Waals surface area contributed by atoms with Crippen molar-refractivity contribution >= 4 is 21.6 Å². The molecule has 1 amide bonds. The Balaban J connectivity index is 1.82. The Hall–Kier alpha value is -2.23. The number of amides is 1. The van der Waals surface area contributed by atoms with E-state index in [4.69, 9.17) is 4.74 Å². The molecule has 1 aliphatic rings. The lowest BCUT2D eigenvalue weighted by molar-refractivity contribution is -0.0440. The Morgan fingerprint density at radius 3 is 2.58 bits per heavy atom. The van der Waals surface area contributed by atoms with Crippen molar-refractivity contribution < 1.29 is 17.9 Å². The third-order valence-corrected chi connectivity index (χ3v) is 5.91. The van der Waals surface area contributed by atoms with Crippen LogP contribution in [-0.2, 0) is 21.8 Å². The van der Waals surface area contributed by atoms with Crippen molar-refractivity contribution in [2.45, 2.75) is 31.0 Å². The van der Waals surface area contributed by atoms with E-state index in [1.54, 1.807) is 30.1 Å². The normalized spacial score (nSPS) is 21.5. The molecule has 2 unspecified atom stereocenters. The van der Waals surface area contributed by atoms with Crippen molar-refractivity contribution in [3.63, 3.8) is 0 Å². The van der Waals surface area contributed by atoms with Gasteiger partial charge in [0.15, 0.2) is 0 Å². The molecule has 3 rings (SSSR count). The van der Waals surface area contributed by atoms with Crippen LogP contribution in [0, 0.1) is 0 Å². The fraction of sp³-hybridized carbons (Fsp3) is 0.412. The zero-order valence-electron chi connectivity index (χ0n) is 14.9. The van der Waals surface area contributed by atoms with Gasteiger partial charge in [0, 0.05) is 31.9 Å². The monoisotopic (exact) mass is 378 g/mol. The first kappa shape index (κ1) is 18.6. The Morgan fingerprint density at radius 1 is 1.27 bits per heavy atom. The van der Waals surface area contributed by atoms with Gasteiger partial charge >= 0.3 is 0 Å². The number of carbonyl (C=O) groups excluding carboxylic acids is 1. The van der Waals surface area contributed by atoms with Gasteiger partial charge in [-0.2, -0.15) is 9.40 Å². The van der Waals surface area contributed by atoms with Gasteiger partial charge in [0.2, 0.25) is 10.0 Å². The van der Waals surface area contributed by atoms with E-state index in [9.17, 15) is 13.2 Å². The van der Waals surface area contributed by atoms with Gasteiger partial charge in [0.25, 0.3) is 5.91 Å². The van der Waals surface area contributed by atoms with Crippen molar-refractivity contribution in [1.82, 2.24) is 14.1 Å². The molecular formula is C17H22N4O4S. The zero-order valence-corrected chi connectivity index (χ0v) is 15.7. The Kier molecular flexibility index (Phi) is 5.12. The quantitative estimate of drug-likeness (QED) is 0.870. The number of carbonyl (C=O) groups is 1. The average molecular weight is 378 g/mol. The molecule has 140 valence electrons. The molecule has 1 saturated heterocycles. The number of hydrogen-bond acceptors (Lipinski definition) is 5. The molecule has 8 nitrogen and oxygen atoms in total. The molecule has 1 aliphatic heterocycles. The van der Waals surface area contributed by atoms with E-state index in [-0.39, 0.29) is 22.7 Å². The van der Waals surface area contributed by atoms with Gasteiger partial charge in [-0.05, 0) is 32.0 Å². The lowest BCUT2D eigenvalue weighted by atomic mass is 10.2. The van der Waals surface area contributed by atoms with Crippen LogP contribution in [-0.4, -0.2) is 53.7 Å². The van der Waals surface area contributed by atoms with Crippen LogP contribution in [0.15, 0.2) is 41.6 Å². The van der Waals surface area contributed by atoms with Crippen molar-refractivity contribution in [3.8, 4) is 0 Å². The van der Waals surface area contributed by atoms with Gasteiger partial charge in [-0.15, -0.1) is 0 Å². The number of aromatic nitrogens is 2. The van der Waals surface area contributed by atoms with Crippen molar-refractivity contribution in [2.24, 2.45) is 7.05 Å². The lowest BCUT2D eigenvalue weighted by Crippen LogP contribution is -2.48. The molecule has 0 radical (unpaired) electrons. The third-order valence-electron chi connectivity index (χ3n) is 4.08. The summed E-state index contributed by atoms with van der Waals surface area (Å²) in [6.07, 6.45) is 2.83. The molecule has 0 spiro atoms. The standard InChI is InChI=1S/C17H22N4O4S/c1-12-9-21(10-13(2)25-12)26(23,24)16-6-4-5-14(7-16)17(22)19-15-8-18-20(3)11-15/h4-8,11-13H,9-10H2,1-3H3,(H,19,22). The van der Waals surface area contributed by atoms with Crippen LogP contribution < -0.4 is 5.32 Å². The summed E-state index contributed by atoms with van der Waals surface area (Å²) in [4.78, 5) is 12.5. The highest BCUT2D eigenvalue weighted by molar-refractivity contribution is 7.89. The number of benzene rings is 1. The van der Waals surface area contributed by atoms with E-state index in [0.29, 0.717) is 18.8 Å². The predicted molar refractivity (Wildman–Crippen MR) is 96.4 cm³/mol. The molecule has 2 aromatic rings. The molecule has 0 saturated carbocycles. The molecule has 2 atom stereocenters. The van der Waals surface area contributed by atoms with E-state index in [2.05, 4.69) is 10.4 Å². The number of nitrogens with zero attached hydrogens (tertiary/aromatic N) is 3. The number of nitrogens with one attached hydrogen (secondary N) is 1. The minimum atomic E-state index is -3.70. The molecule has 26 heavy (non-hydrogen) atoms. The summed E-state index contributed by atoms with van der Waals surface area (Å²) in [6.45, 7) is 4.27. The van der Waals surface area contributed by atoms with E-state index in [1.165, 1.54) is 22.6 Å². The van der Waals surface area contributed by atoms with Crippen LogP contribution in [0.2, 0.25) is 0 Å². The highest BCUT2D eigenvalue weighted by Crippen LogP contribution is 2.22. The van der Waals surface area contributed by atoms with E-state index in [0.717, 1.165) is 0 Å². The maximum absolute atomic E-state index is 12.9. The van der Waals surface area contributed by atoms with Gasteiger partial charge in [-0.1, -0.05) is 6.07 Å². The van der Waals surface area contributed by atoms with E-state index in [1.807, 2.05) is 13.8 Å². The smallest absolute Gasteiger partial charge is 0.255 e. The van der Waals surface area contributed by atoms with Crippen LogP contribution in [0.4, 0.5) is 5.69 Å². The topological polar surface area (TPSA) is 93.5 Å². The fourth-order valence-corrected chi connectivity index (χ4v) is 4.60. The van der Waals surface area contributed by atoms with Gasteiger partial charge in [0.05, 0.1) is 29.0 Å². The number of aryl methyl sites for hydroxylation is 1. The van der Waals surface area contributed by atoms with Gasteiger partial charge in [-0.3, -0.25) is 9.48 Å². The highest BCUT2D eigenvalue weighted by atomic mass is 32.2. The Bertz CT molecular complexity index is 899. The maximum Gasteiger partial charge on any atom is 0.255 e. The number of hydrogen-bond donors (Lipinski definition) is 1. The molecule has 0 aliphatic carbocycles. The molecule has 1 aromatic heterocycles. The second kappa shape index (κ2) is 7.18. The number of anilines is 1. The van der Waals surface area contributed by atoms with Crippen molar-refractivity contribution in [2.75, 3.05) is 18.4 Å². The number of sulfonamides is 1. The van der Waals surface area contributed by atoms with Crippen LogP contribution >= 0.6 is 0 Å². The van der Waals surface area contributed by atoms with E-state index < -0.39 is 15.9 Å². The minimum absolute atomic E-state index is 0.0950. The maximum atomic E-state index is 12.9. The summed E-state index contributed by atoms with van der Waals surface area (Å²) in [6, 6.07) is 6.04. The van der Waals surface area contributed by atoms with Crippen molar-refractivity contribution in [3.05, 3.63) is 42.2 Å². The van der Waals surface area contributed by atoms with Gasteiger partial charge in [0.1, 0.15) is 0 Å². The molecule has 0 bridgehead atoms. The number of rotatable bonds is 4. The lowest BCUT2D eigenvalue weighted by Gasteiger charge is -2.34. The minimum Gasteiger partial charge on any atom is -0.373 e. The second-order valence-electron chi connectivity index (χ2n) is 6.46. The van der Waals surface area contributed by atoms with Crippen LogP contribution in [0.1, 0.15) is 24.2 Å². The number of morpholine rings is 1. The molecule has 2 heterocycles. The first-order valence-corrected chi connectivity index (χ1v) is 9.75. The Labute approximate surface area is 152 Å². The predicted octanol–water partition coefficient (Wildman–Crippen LogP) is 1.47. The average Bonchev–Trinajstić information content (AvgIpc) is 2.99. The summed E-state index contributed by atoms with van der Waals surface area (Å²) < 4.78 is 34.5. The van der Waals surface area contributed by atoms with Gasteiger partial charge in [-0.25, -0.2) is 8.42 Å². The summed E-state index contributed by atoms with van der Waals surface area (Å²) in [7, 11) is -1.95. The van der Waals surface area contributed by atoms with Crippen molar-refractivity contribution in [1.29, 1.82) is 0 Å². The first-order chi connectivity index (χ1) is 12.3. The number of ether oxygens (including phenoxy) is 1. The molecule has 9 heteroatoms. The van der Waals surface area contributed by atoms with E-state index >= 15 is 0 Å². The molecule has 1 N–H and O–H groups in total. The van der Waals surface area contributed by atoms with Crippen LogP contribution in [0.25, 0.3) is 0 Å². The largest absolute Gasteiger partial charge is 0.373 e. The van der Waals surface area contributed by atoms with Crippen LogP contribution in [0.3, 0.4) is 0 Å². The summed E-state index contributed by atoms with van der Waals surface area (Å²) in [5, 5.41) is 6.68. The first-order valence-electron chi connectivity index (χ1n) is 8.31. The second-order valence-corrected chi connectivity index (χ2v) is 8.40. The summed E-state index contributed by atoms with van der Waals surface area (Å²) in [5.41, 5.74) is 0.811. The summed E-state index contributed by atoms with van der Waals surface area (Å²) in [5.74, 6) is -0.390. The molecule has 1 aromatic carbocycles. The molecule has 1 fully saturated rings. The fourth-order valence-electron chi connectivity index (χ4n) is 2.96. The zero-order chi connectivity index (χ0) is 18.9. The molecular weight excluding hydrogens is 356 g/mol. The van der Waals surface area contributed by atoms with Crippen LogP contribution in [0.5, 0.6) is 0 Å². The third kappa shape index (κ3) is 3.95. The Morgan fingerprint density at radius 2 is 1.96 bits per heavy atom. The highest BCUT2D eigenvalue weighted by Gasteiger charge is 2.32. The van der Waals surface area contributed by atoms with Gasteiger partial charge < -0.3 is 10.1 Å².